The van der Waals surface area contributed by atoms with Gasteiger partial charge in [-0.1, -0.05) is 25.1 Å². The van der Waals surface area contributed by atoms with Gasteiger partial charge in [-0.05, 0) is 34.8 Å². The number of amidine groups is 1. The molecule has 1 heterocycles. The van der Waals surface area contributed by atoms with Crippen LogP contribution in [0.4, 0.5) is 0 Å². The van der Waals surface area contributed by atoms with Crippen LogP contribution in [0.25, 0.3) is 0 Å². The first-order chi connectivity index (χ1) is 11.9. The van der Waals surface area contributed by atoms with E-state index in [1.165, 1.54) is 13.3 Å². The Hall–Kier alpha value is -2.43. The van der Waals surface area contributed by atoms with Gasteiger partial charge in [0, 0.05) is 6.08 Å². The Labute approximate surface area is 148 Å². The maximum absolute atomic E-state index is 11.7. The Kier molecular flexibility index (Phi) is 6.51. The molecule has 25 heavy (non-hydrogen) atoms. The largest absolute Gasteiger partial charge is 0.488 e. The standard InChI is InChI=1S/C15H16BN3O5S/c1-3-9-6-11(16(22)23)5-4-10(9)8-17-19-15-18-14(21)12(25-15)7-13(20)24-2/h4-8,22-23H,3H2,1-2H3,(H,18,19,21)/b12-7+,17-8?. The molecular weight excluding hydrogens is 345 g/mol. The van der Waals surface area contributed by atoms with Crippen molar-refractivity contribution in [1.82, 2.24) is 5.32 Å². The number of thioether (sulfide) groups is 1. The van der Waals surface area contributed by atoms with Gasteiger partial charge in [0.1, 0.15) is 0 Å². The fraction of sp³-hybridized carbons (Fsp3) is 0.200. The fourth-order valence-electron chi connectivity index (χ4n) is 2.00. The number of carbonyl (C=O) groups is 2. The van der Waals surface area contributed by atoms with Crippen LogP contribution < -0.4 is 10.8 Å². The van der Waals surface area contributed by atoms with E-state index >= 15 is 0 Å². The van der Waals surface area contributed by atoms with Gasteiger partial charge >= 0.3 is 13.1 Å². The van der Waals surface area contributed by atoms with E-state index in [9.17, 15) is 19.6 Å². The maximum atomic E-state index is 11.7. The maximum Gasteiger partial charge on any atom is 0.488 e. The number of hydrogen-bond donors (Lipinski definition) is 3. The molecule has 0 spiro atoms. The minimum Gasteiger partial charge on any atom is -0.466 e. The van der Waals surface area contributed by atoms with Gasteiger partial charge in [0.2, 0.25) is 0 Å². The van der Waals surface area contributed by atoms with E-state index in [4.69, 9.17) is 0 Å². The molecule has 1 saturated heterocycles. The van der Waals surface area contributed by atoms with Gasteiger partial charge < -0.3 is 14.8 Å². The molecule has 1 fully saturated rings. The van der Waals surface area contributed by atoms with Crippen molar-refractivity contribution >= 4 is 47.6 Å². The van der Waals surface area contributed by atoms with E-state index in [1.54, 1.807) is 18.2 Å². The van der Waals surface area contributed by atoms with Crippen molar-refractivity contribution in [2.45, 2.75) is 13.3 Å². The van der Waals surface area contributed by atoms with Crippen LogP contribution >= 0.6 is 11.8 Å². The molecule has 0 saturated carbocycles. The third-order valence-electron chi connectivity index (χ3n) is 3.29. The van der Waals surface area contributed by atoms with Gasteiger partial charge in [0.25, 0.3) is 5.91 Å². The first kappa shape index (κ1) is 18.9. The number of carbonyl (C=O) groups excluding carboxylic acids is 2. The summed E-state index contributed by atoms with van der Waals surface area (Å²) in [7, 11) is -0.301. The monoisotopic (exact) mass is 361 g/mol. The smallest absolute Gasteiger partial charge is 0.466 e. The molecule has 0 atom stereocenters. The lowest BCUT2D eigenvalue weighted by Crippen LogP contribution is -2.30. The lowest BCUT2D eigenvalue weighted by atomic mass is 9.78. The summed E-state index contributed by atoms with van der Waals surface area (Å²) in [4.78, 5) is 23.0. The Balaban J connectivity index is 2.13. The number of nitrogens with zero attached hydrogens (tertiary/aromatic N) is 2. The minimum absolute atomic E-state index is 0.177. The molecular formula is C15H16BN3O5S. The molecule has 8 nitrogen and oxygen atoms in total. The lowest BCUT2D eigenvalue weighted by molar-refractivity contribution is -0.135. The zero-order valence-corrected chi connectivity index (χ0v) is 14.4. The number of rotatable bonds is 5. The summed E-state index contributed by atoms with van der Waals surface area (Å²) in [5, 5.41) is 29.0. The van der Waals surface area contributed by atoms with Crippen molar-refractivity contribution < 1.29 is 24.4 Å². The predicted octanol–water partition coefficient (Wildman–Crippen LogP) is -0.461. The third kappa shape index (κ3) is 5.02. The Bertz CT molecular complexity index is 776. The molecule has 1 aliphatic heterocycles. The van der Waals surface area contributed by atoms with Gasteiger partial charge in [-0.25, -0.2) is 4.79 Å². The van der Waals surface area contributed by atoms with Gasteiger partial charge in [-0.2, -0.15) is 5.10 Å². The number of hydrogen-bond acceptors (Lipinski definition) is 8. The second-order valence-electron chi connectivity index (χ2n) is 4.92. The summed E-state index contributed by atoms with van der Waals surface area (Å²) in [6.07, 6.45) is 3.27. The second-order valence-corrected chi connectivity index (χ2v) is 5.95. The van der Waals surface area contributed by atoms with Crippen molar-refractivity contribution in [3.05, 3.63) is 40.3 Å². The number of ether oxygens (including phenoxy) is 1. The van der Waals surface area contributed by atoms with Gasteiger partial charge in [0.05, 0.1) is 18.2 Å². The molecule has 0 bridgehead atoms. The number of nitrogens with one attached hydrogen (secondary N) is 1. The molecule has 1 amide bonds. The summed E-state index contributed by atoms with van der Waals surface area (Å²) in [6.45, 7) is 1.93. The first-order valence-corrected chi connectivity index (χ1v) is 8.15. The van der Waals surface area contributed by atoms with Crippen LogP contribution in [0, 0.1) is 0 Å². The van der Waals surface area contributed by atoms with E-state index in [0.717, 1.165) is 29.0 Å². The first-order valence-electron chi connectivity index (χ1n) is 7.33. The van der Waals surface area contributed by atoms with Gasteiger partial charge in [-0.15, -0.1) is 5.10 Å². The average Bonchev–Trinajstić information content (AvgIpc) is 2.94. The molecule has 0 aromatic heterocycles. The van der Waals surface area contributed by atoms with Crippen molar-refractivity contribution in [2.24, 2.45) is 10.2 Å². The average molecular weight is 361 g/mol. The molecule has 3 N–H and O–H groups in total. The highest BCUT2D eigenvalue weighted by Crippen LogP contribution is 2.23. The van der Waals surface area contributed by atoms with Crippen LogP contribution in [0.5, 0.6) is 0 Å². The Morgan fingerprint density at radius 3 is 2.84 bits per heavy atom. The van der Waals surface area contributed by atoms with Crippen LogP contribution in [0.2, 0.25) is 0 Å². The van der Waals surface area contributed by atoms with Crippen LogP contribution in [-0.2, 0) is 20.7 Å². The highest BCUT2D eigenvalue weighted by molar-refractivity contribution is 8.18. The topological polar surface area (TPSA) is 121 Å². The zero-order valence-electron chi connectivity index (χ0n) is 13.6. The quantitative estimate of drug-likeness (QED) is 0.215. The zero-order chi connectivity index (χ0) is 18.4. The highest BCUT2D eigenvalue weighted by atomic mass is 32.2. The molecule has 0 unspecified atom stereocenters. The summed E-state index contributed by atoms with van der Waals surface area (Å²) in [5.41, 5.74) is 2.05. The van der Waals surface area contributed by atoms with Crippen LogP contribution in [0.3, 0.4) is 0 Å². The number of amides is 1. The summed E-state index contributed by atoms with van der Waals surface area (Å²) < 4.78 is 4.47. The molecule has 1 aromatic carbocycles. The third-order valence-corrected chi connectivity index (χ3v) is 4.19. The van der Waals surface area contributed by atoms with Crippen molar-refractivity contribution in [3.8, 4) is 0 Å². The molecule has 130 valence electrons. The minimum atomic E-state index is -1.53. The van der Waals surface area contributed by atoms with E-state index < -0.39 is 19.0 Å². The second kappa shape index (κ2) is 8.61. The normalized spacial score (nSPS) is 17.4. The Morgan fingerprint density at radius 1 is 1.44 bits per heavy atom. The van der Waals surface area contributed by atoms with E-state index in [-0.39, 0.29) is 10.1 Å². The summed E-state index contributed by atoms with van der Waals surface area (Å²) >= 11 is 0.984. The summed E-state index contributed by atoms with van der Waals surface area (Å²) in [5.74, 6) is -1.07. The van der Waals surface area contributed by atoms with Crippen molar-refractivity contribution in [3.63, 3.8) is 0 Å². The van der Waals surface area contributed by atoms with Crippen LogP contribution in [-0.4, -0.2) is 47.5 Å². The summed E-state index contributed by atoms with van der Waals surface area (Å²) in [6, 6.07) is 4.98. The molecule has 0 radical (unpaired) electrons. The SMILES string of the molecule is CCc1cc(B(O)O)ccc1C=N/N=C1/NC(=O)/C(=C\C(=O)OC)S1. The van der Waals surface area contributed by atoms with E-state index in [1.807, 2.05) is 6.92 Å². The number of esters is 1. The molecule has 10 heteroatoms. The van der Waals surface area contributed by atoms with Gasteiger partial charge in [0.15, 0.2) is 5.17 Å². The molecule has 1 aliphatic rings. The lowest BCUT2D eigenvalue weighted by Gasteiger charge is -2.06. The molecule has 2 rings (SSSR count). The number of methoxy groups -OCH3 is 1. The number of aryl methyl sites for hydroxylation is 1. The predicted molar refractivity (Wildman–Crippen MR) is 96.5 cm³/mol. The Morgan fingerprint density at radius 2 is 2.20 bits per heavy atom. The highest BCUT2D eigenvalue weighted by Gasteiger charge is 2.25. The van der Waals surface area contributed by atoms with Crippen LogP contribution in [0.1, 0.15) is 18.1 Å². The fourth-order valence-corrected chi connectivity index (χ4v) is 2.74. The molecule has 0 aliphatic carbocycles. The van der Waals surface area contributed by atoms with E-state index in [0.29, 0.717) is 11.9 Å². The van der Waals surface area contributed by atoms with Crippen molar-refractivity contribution in [1.29, 1.82) is 0 Å². The van der Waals surface area contributed by atoms with Gasteiger partial charge in [-0.3, -0.25) is 10.1 Å². The molecule has 1 aromatic rings. The van der Waals surface area contributed by atoms with Crippen molar-refractivity contribution in [2.75, 3.05) is 7.11 Å². The van der Waals surface area contributed by atoms with E-state index in [2.05, 4.69) is 20.3 Å². The number of benzene rings is 1. The van der Waals surface area contributed by atoms with Crippen LogP contribution in [0.15, 0.2) is 39.4 Å².